The topological polar surface area (TPSA) is 33.3 Å². The van der Waals surface area contributed by atoms with Gasteiger partial charge in [-0.15, -0.1) is 0 Å². The zero-order chi connectivity index (χ0) is 11.1. The van der Waals surface area contributed by atoms with E-state index in [-0.39, 0.29) is 0 Å². The van der Waals surface area contributed by atoms with Crippen molar-refractivity contribution >= 4 is 0 Å². The van der Waals surface area contributed by atoms with Gasteiger partial charge in [0.15, 0.2) is 0 Å². The average molecular weight is 226 g/mol. The molecule has 16 heavy (non-hydrogen) atoms. The predicted octanol–water partition coefficient (Wildman–Crippen LogP) is 1.53. The summed E-state index contributed by atoms with van der Waals surface area (Å²) in [5, 5.41) is 7.00. The number of ether oxygens (including phenoxy) is 1. The fraction of sp³-hybridized carbons (Fsp3) is 1.00. The summed E-state index contributed by atoms with van der Waals surface area (Å²) in [6.45, 7) is 5.67. The maximum atomic E-state index is 5.58. The van der Waals surface area contributed by atoms with Crippen molar-refractivity contribution in [3.8, 4) is 0 Å². The highest BCUT2D eigenvalue weighted by molar-refractivity contribution is 4.70. The largest absolute Gasteiger partial charge is 0.377 e. The van der Waals surface area contributed by atoms with Gasteiger partial charge in [0.05, 0.1) is 6.10 Å². The third kappa shape index (κ3) is 4.40. The second-order valence-electron chi connectivity index (χ2n) is 5.19. The standard InChI is InChI=1S/C13H26N2O/c1-4-12(10-14-7-1)5-2-8-15-11-13-6-3-9-16-13/h12-15H,1-11H2. The average Bonchev–Trinajstić information content (AvgIpc) is 2.83. The van der Waals surface area contributed by atoms with E-state index >= 15 is 0 Å². The second kappa shape index (κ2) is 7.25. The lowest BCUT2D eigenvalue weighted by molar-refractivity contribution is 0.110. The van der Waals surface area contributed by atoms with Gasteiger partial charge in [-0.2, -0.15) is 0 Å². The molecule has 0 amide bonds. The molecule has 2 aliphatic heterocycles. The summed E-state index contributed by atoms with van der Waals surface area (Å²) in [6.07, 6.45) is 8.49. The highest BCUT2D eigenvalue weighted by atomic mass is 16.5. The Kier molecular flexibility index (Phi) is 5.59. The number of rotatable bonds is 6. The first-order valence-electron chi connectivity index (χ1n) is 6.98. The molecule has 0 aromatic heterocycles. The van der Waals surface area contributed by atoms with Crippen molar-refractivity contribution in [1.82, 2.24) is 10.6 Å². The van der Waals surface area contributed by atoms with Gasteiger partial charge < -0.3 is 15.4 Å². The lowest BCUT2D eigenvalue weighted by Crippen LogP contribution is -2.31. The number of nitrogens with one attached hydrogen (secondary N) is 2. The zero-order valence-electron chi connectivity index (χ0n) is 10.3. The molecule has 0 aromatic carbocycles. The molecule has 0 aliphatic carbocycles. The molecule has 3 heteroatoms. The lowest BCUT2D eigenvalue weighted by Gasteiger charge is -2.22. The summed E-state index contributed by atoms with van der Waals surface area (Å²) < 4.78 is 5.58. The van der Waals surface area contributed by atoms with Gasteiger partial charge in [0.1, 0.15) is 0 Å². The molecule has 2 atom stereocenters. The smallest absolute Gasteiger partial charge is 0.0700 e. The molecule has 0 aromatic rings. The molecule has 2 saturated heterocycles. The van der Waals surface area contributed by atoms with Crippen LogP contribution in [-0.2, 0) is 4.74 Å². The van der Waals surface area contributed by atoms with E-state index < -0.39 is 0 Å². The Morgan fingerprint density at radius 3 is 3.00 bits per heavy atom. The van der Waals surface area contributed by atoms with Crippen LogP contribution in [0.5, 0.6) is 0 Å². The molecular formula is C13H26N2O. The zero-order valence-corrected chi connectivity index (χ0v) is 10.3. The summed E-state index contributed by atoms with van der Waals surface area (Å²) >= 11 is 0. The Labute approximate surface area is 99.3 Å². The minimum atomic E-state index is 0.497. The first-order valence-corrected chi connectivity index (χ1v) is 6.98. The minimum Gasteiger partial charge on any atom is -0.377 e. The monoisotopic (exact) mass is 226 g/mol. The van der Waals surface area contributed by atoms with Crippen LogP contribution < -0.4 is 10.6 Å². The normalized spacial score (nSPS) is 30.8. The third-order valence-corrected chi connectivity index (χ3v) is 3.76. The van der Waals surface area contributed by atoms with Gasteiger partial charge in [0.25, 0.3) is 0 Å². The maximum absolute atomic E-state index is 5.58. The van der Waals surface area contributed by atoms with Crippen LogP contribution in [0.15, 0.2) is 0 Å². The van der Waals surface area contributed by atoms with E-state index in [1.54, 1.807) is 0 Å². The molecule has 2 fully saturated rings. The van der Waals surface area contributed by atoms with Gasteiger partial charge in [0, 0.05) is 13.2 Å². The van der Waals surface area contributed by atoms with E-state index in [2.05, 4.69) is 10.6 Å². The van der Waals surface area contributed by atoms with Crippen molar-refractivity contribution in [2.45, 2.75) is 44.6 Å². The van der Waals surface area contributed by atoms with Crippen molar-refractivity contribution in [1.29, 1.82) is 0 Å². The van der Waals surface area contributed by atoms with Gasteiger partial charge in [-0.1, -0.05) is 0 Å². The molecule has 2 rings (SSSR count). The van der Waals surface area contributed by atoms with Gasteiger partial charge in [-0.25, -0.2) is 0 Å². The van der Waals surface area contributed by atoms with Crippen LogP contribution in [0.1, 0.15) is 38.5 Å². The first-order chi connectivity index (χ1) is 7.95. The van der Waals surface area contributed by atoms with Crippen LogP contribution in [0.25, 0.3) is 0 Å². The molecule has 0 spiro atoms. The lowest BCUT2D eigenvalue weighted by atomic mass is 9.95. The molecule has 2 unspecified atom stereocenters. The van der Waals surface area contributed by atoms with E-state index in [1.165, 1.54) is 51.6 Å². The molecule has 3 nitrogen and oxygen atoms in total. The summed E-state index contributed by atoms with van der Waals surface area (Å²) in [6, 6.07) is 0. The minimum absolute atomic E-state index is 0.497. The van der Waals surface area contributed by atoms with Gasteiger partial charge >= 0.3 is 0 Å². The molecule has 2 aliphatic rings. The fourth-order valence-electron chi connectivity index (χ4n) is 2.75. The van der Waals surface area contributed by atoms with E-state index in [9.17, 15) is 0 Å². The van der Waals surface area contributed by atoms with Gasteiger partial charge in [-0.3, -0.25) is 0 Å². The molecule has 0 radical (unpaired) electrons. The van der Waals surface area contributed by atoms with Crippen LogP contribution in [0.2, 0.25) is 0 Å². The highest BCUT2D eigenvalue weighted by Crippen LogP contribution is 2.15. The highest BCUT2D eigenvalue weighted by Gasteiger charge is 2.15. The van der Waals surface area contributed by atoms with E-state index in [4.69, 9.17) is 4.74 Å². The molecule has 94 valence electrons. The summed E-state index contributed by atoms with van der Waals surface area (Å²) in [5.74, 6) is 0.929. The van der Waals surface area contributed by atoms with Gasteiger partial charge in [-0.05, 0) is 64.1 Å². The van der Waals surface area contributed by atoms with Crippen LogP contribution >= 0.6 is 0 Å². The fourth-order valence-corrected chi connectivity index (χ4v) is 2.75. The van der Waals surface area contributed by atoms with Crippen molar-refractivity contribution < 1.29 is 4.74 Å². The van der Waals surface area contributed by atoms with Crippen molar-refractivity contribution in [2.24, 2.45) is 5.92 Å². The quantitative estimate of drug-likeness (QED) is 0.674. The number of piperidine rings is 1. The van der Waals surface area contributed by atoms with E-state index in [0.29, 0.717) is 6.10 Å². The van der Waals surface area contributed by atoms with Crippen molar-refractivity contribution in [3.63, 3.8) is 0 Å². The molecular weight excluding hydrogens is 200 g/mol. The number of hydrogen-bond acceptors (Lipinski definition) is 3. The summed E-state index contributed by atoms with van der Waals surface area (Å²) in [5.41, 5.74) is 0. The Morgan fingerprint density at radius 2 is 2.25 bits per heavy atom. The molecule has 0 bridgehead atoms. The van der Waals surface area contributed by atoms with Crippen molar-refractivity contribution in [2.75, 3.05) is 32.8 Å². The molecule has 2 heterocycles. The van der Waals surface area contributed by atoms with Crippen molar-refractivity contribution in [3.05, 3.63) is 0 Å². The van der Waals surface area contributed by atoms with E-state index in [1.807, 2.05) is 0 Å². The van der Waals surface area contributed by atoms with Crippen LogP contribution in [0, 0.1) is 5.92 Å². The molecule has 2 N–H and O–H groups in total. The van der Waals surface area contributed by atoms with Gasteiger partial charge in [0.2, 0.25) is 0 Å². The second-order valence-corrected chi connectivity index (χ2v) is 5.19. The Bertz CT molecular complexity index is 175. The Hall–Kier alpha value is -0.120. The SMILES string of the molecule is C1CNCC(CCCNCC2CCCO2)C1. The molecule has 0 saturated carbocycles. The maximum Gasteiger partial charge on any atom is 0.0700 e. The Balaban J connectivity index is 1.42. The van der Waals surface area contributed by atoms with Crippen LogP contribution in [0.4, 0.5) is 0 Å². The Morgan fingerprint density at radius 1 is 1.25 bits per heavy atom. The van der Waals surface area contributed by atoms with Crippen LogP contribution in [0.3, 0.4) is 0 Å². The predicted molar refractivity (Wildman–Crippen MR) is 66.7 cm³/mol. The first kappa shape index (κ1) is 12.3. The summed E-state index contributed by atoms with van der Waals surface area (Å²) in [7, 11) is 0. The van der Waals surface area contributed by atoms with Crippen LogP contribution in [-0.4, -0.2) is 38.9 Å². The number of hydrogen-bond donors (Lipinski definition) is 2. The third-order valence-electron chi connectivity index (χ3n) is 3.76. The van der Waals surface area contributed by atoms with E-state index in [0.717, 1.165) is 25.6 Å². The summed E-state index contributed by atoms with van der Waals surface area (Å²) in [4.78, 5) is 0.